The quantitative estimate of drug-likeness (QED) is 0.458. The zero-order valence-corrected chi connectivity index (χ0v) is 13.9. The van der Waals surface area contributed by atoms with Crippen LogP contribution in [-0.2, 0) is 4.79 Å². The molecule has 0 fully saturated rings. The molecule has 24 heavy (non-hydrogen) atoms. The molecule has 0 heterocycles. The summed E-state index contributed by atoms with van der Waals surface area (Å²) in [4.78, 5) is 22.2. The molecule has 2 aromatic carbocycles. The first kappa shape index (κ1) is 17.7. The Morgan fingerprint density at radius 1 is 1.25 bits per heavy atom. The number of rotatable bonds is 7. The lowest BCUT2D eigenvalue weighted by Crippen LogP contribution is -2.13. The van der Waals surface area contributed by atoms with Gasteiger partial charge in [0.05, 0.1) is 17.2 Å². The Kier molecular flexibility index (Phi) is 6.14. The first-order valence-electron chi connectivity index (χ1n) is 7.39. The molecule has 7 heteroatoms. The van der Waals surface area contributed by atoms with Crippen LogP contribution in [0.25, 0.3) is 0 Å². The maximum Gasteiger partial charge on any atom is 0.271 e. The lowest BCUT2D eigenvalue weighted by molar-refractivity contribution is -0.384. The van der Waals surface area contributed by atoms with Crippen LogP contribution in [0.1, 0.15) is 18.4 Å². The smallest absolute Gasteiger partial charge is 0.271 e. The average Bonchev–Trinajstić information content (AvgIpc) is 2.55. The number of carbonyl (C=O) groups is 1. The number of halogens is 1. The molecule has 6 nitrogen and oxygen atoms in total. The maximum atomic E-state index is 11.9. The van der Waals surface area contributed by atoms with Gasteiger partial charge in [0.15, 0.2) is 0 Å². The normalized spacial score (nSPS) is 10.2. The van der Waals surface area contributed by atoms with Crippen LogP contribution in [0.4, 0.5) is 11.4 Å². The number of nitro benzene ring substituents is 1. The SMILES string of the molecule is Cc1ccc([N+](=O)[O-])cc1NC(=O)CCCOc1ccc(Cl)cc1. The molecule has 0 aliphatic rings. The molecule has 1 N–H and O–H groups in total. The van der Waals surface area contributed by atoms with Gasteiger partial charge >= 0.3 is 0 Å². The van der Waals surface area contributed by atoms with Crippen molar-refractivity contribution in [1.82, 2.24) is 0 Å². The summed E-state index contributed by atoms with van der Waals surface area (Å²) in [6.07, 6.45) is 0.790. The second-order valence-electron chi connectivity index (χ2n) is 5.21. The fourth-order valence-electron chi connectivity index (χ4n) is 2.02. The minimum absolute atomic E-state index is 0.0537. The number of hydrogen-bond donors (Lipinski definition) is 1. The molecule has 126 valence electrons. The lowest BCUT2D eigenvalue weighted by Gasteiger charge is -2.09. The molecule has 2 aromatic rings. The Hall–Kier alpha value is -2.60. The minimum Gasteiger partial charge on any atom is -0.494 e. The van der Waals surface area contributed by atoms with Gasteiger partial charge in [-0.15, -0.1) is 0 Å². The van der Waals surface area contributed by atoms with E-state index in [1.165, 1.54) is 12.1 Å². The maximum absolute atomic E-state index is 11.9. The highest BCUT2D eigenvalue weighted by molar-refractivity contribution is 6.30. The number of benzene rings is 2. The summed E-state index contributed by atoms with van der Waals surface area (Å²) in [5.74, 6) is 0.479. The summed E-state index contributed by atoms with van der Waals surface area (Å²) in [7, 11) is 0. The second kappa shape index (κ2) is 8.31. The van der Waals surface area contributed by atoms with Crippen LogP contribution in [0.3, 0.4) is 0 Å². The van der Waals surface area contributed by atoms with E-state index in [0.717, 1.165) is 5.56 Å². The van der Waals surface area contributed by atoms with Crippen LogP contribution < -0.4 is 10.1 Å². The predicted molar refractivity (Wildman–Crippen MR) is 92.6 cm³/mol. The lowest BCUT2D eigenvalue weighted by atomic mass is 10.1. The molecule has 0 aromatic heterocycles. The standard InChI is InChI=1S/C17H17ClN2O4/c1-12-4-7-14(20(22)23)11-16(12)19-17(21)3-2-10-24-15-8-5-13(18)6-9-15/h4-9,11H,2-3,10H2,1H3,(H,19,21). The molecule has 0 aliphatic carbocycles. The van der Waals surface area contributed by atoms with Crippen molar-refractivity contribution >= 4 is 28.9 Å². The molecule has 0 aliphatic heterocycles. The van der Waals surface area contributed by atoms with Crippen LogP contribution >= 0.6 is 11.6 Å². The largest absolute Gasteiger partial charge is 0.494 e. The predicted octanol–water partition coefficient (Wildman–Crippen LogP) is 4.35. The highest BCUT2D eigenvalue weighted by Crippen LogP contribution is 2.22. The van der Waals surface area contributed by atoms with E-state index in [0.29, 0.717) is 29.5 Å². The van der Waals surface area contributed by atoms with Crippen molar-refractivity contribution in [3.63, 3.8) is 0 Å². The van der Waals surface area contributed by atoms with Gasteiger partial charge in [-0.1, -0.05) is 17.7 Å². The number of anilines is 1. The van der Waals surface area contributed by atoms with Gasteiger partial charge in [0.25, 0.3) is 5.69 Å². The van der Waals surface area contributed by atoms with E-state index in [4.69, 9.17) is 16.3 Å². The van der Waals surface area contributed by atoms with Crippen LogP contribution in [0.2, 0.25) is 5.02 Å². The van der Waals surface area contributed by atoms with Crippen LogP contribution in [0.5, 0.6) is 5.75 Å². The van der Waals surface area contributed by atoms with Gasteiger partial charge in [0.2, 0.25) is 5.91 Å². The molecule has 0 saturated carbocycles. The van der Waals surface area contributed by atoms with Gasteiger partial charge in [-0.05, 0) is 43.2 Å². The molecular weight excluding hydrogens is 332 g/mol. The molecule has 0 saturated heterocycles. The number of non-ortho nitro benzene ring substituents is 1. The van der Waals surface area contributed by atoms with Crippen LogP contribution in [-0.4, -0.2) is 17.4 Å². The zero-order chi connectivity index (χ0) is 17.5. The Labute approximate surface area is 144 Å². The van der Waals surface area contributed by atoms with Crippen molar-refractivity contribution in [2.45, 2.75) is 19.8 Å². The van der Waals surface area contributed by atoms with Crippen molar-refractivity contribution in [1.29, 1.82) is 0 Å². The monoisotopic (exact) mass is 348 g/mol. The number of nitrogens with one attached hydrogen (secondary N) is 1. The summed E-state index contributed by atoms with van der Waals surface area (Å²) < 4.78 is 5.51. The first-order valence-corrected chi connectivity index (χ1v) is 7.77. The first-order chi connectivity index (χ1) is 11.5. The Balaban J connectivity index is 1.80. The van der Waals surface area contributed by atoms with Gasteiger partial charge < -0.3 is 10.1 Å². The number of ether oxygens (including phenoxy) is 1. The Bertz CT molecular complexity index is 732. The molecular formula is C17H17ClN2O4. The summed E-state index contributed by atoms with van der Waals surface area (Å²) in [6.45, 7) is 2.17. The molecule has 0 atom stereocenters. The van der Waals surface area contributed by atoms with Crippen LogP contribution in [0.15, 0.2) is 42.5 Å². The van der Waals surface area contributed by atoms with E-state index in [2.05, 4.69) is 5.32 Å². The van der Waals surface area contributed by atoms with E-state index >= 15 is 0 Å². The van der Waals surface area contributed by atoms with E-state index < -0.39 is 4.92 Å². The van der Waals surface area contributed by atoms with Crippen molar-refractivity contribution in [3.8, 4) is 5.75 Å². The summed E-state index contributed by atoms with van der Waals surface area (Å²) >= 11 is 5.78. The summed E-state index contributed by atoms with van der Waals surface area (Å²) in [6, 6.07) is 11.4. The number of amides is 1. The number of hydrogen-bond acceptors (Lipinski definition) is 4. The van der Waals surface area contributed by atoms with E-state index in [1.54, 1.807) is 37.3 Å². The van der Waals surface area contributed by atoms with Gasteiger partial charge in [-0.3, -0.25) is 14.9 Å². The topological polar surface area (TPSA) is 81.5 Å². The van der Waals surface area contributed by atoms with Crippen molar-refractivity contribution < 1.29 is 14.5 Å². The van der Waals surface area contributed by atoms with Crippen molar-refractivity contribution in [2.75, 3.05) is 11.9 Å². The van der Waals surface area contributed by atoms with E-state index in [1.807, 2.05) is 0 Å². The average molecular weight is 349 g/mol. The fourth-order valence-corrected chi connectivity index (χ4v) is 2.15. The van der Waals surface area contributed by atoms with E-state index in [9.17, 15) is 14.9 Å². The van der Waals surface area contributed by atoms with Crippen LogP contribution in [0, 0.1) is 17.0 Å². The highest BCUT2D eigenvalue weighted by atomic mass is 35.5. The molecule has 0 spiro atoms. The fraction of sp³-hybridized carbons (Fsp3) is 0.235. The number of nitro groups is 1. The molecule has 0 bridgehead atoms. The van der Waals surface area contributed by atoms with Gasteiger partial charge in [0, 0.05) is 23.6 Å². The van der Waals surface area contributed by atoms with Gasteiger partial charge in [0.1, 0.15) is 5.75 Å². The zero-order valence-electron chi connectivity index (χ0n) is 13.1. The second-order valence-corrected chi connectivity index (χ2v) is 5.65. The number of nitrogens with zero attached hydrogens (tertiary/aromatic N) is 1. The van der Waals surface area contributed by atoms with Gasteiger partial charge in [-0.25, -0.2) is 0 Å². The molecule has 1 amide bonds. The third-order valence-corrected chi connectivity index (χ3v) is 3.59. The summed E-state index contributed by atoms with van der Waals surface area (Å²) in [5.41, 5.74) is 1.17. The van der Waals surface area contributed by atoms with Crippen molar-refractivity contribution in [2.24, 2.45) is 0 Å². The minimum atomic E-state index is -0.491. The summed E-state index contributed by atoms with van der Waals surface area (Å²) in [5, 5.41) is 14.1. The van der Waals surface area contributed by atoms with Gasteiger partial charge in [-0.2, -0.15) is 0 Å². The molecule has 0 unspecified atom stereocenters. The Morgan fingerprint density at radius 2 is 1.96 bits per heavy atom. The third-order valence-electron chi connectivity index (χ3n) is 3.34. The highest BCUT2D eigenvalue weighted by Gasteiger charge is 2.11. The number of aryl methyl sites for hydroxylation is 1. The van der Waals surface area contributed by atoms with E-state index in [-0.39, 0.29) is 18.0 Å². The van der Waals surface area contributed by atoms with Crippen molar-refractivity contribution in [3.05, 3.63) is 63.2 Å². The number of carbonyl (C=O) groups excluding carboxylic acids is 1. The third kappa shape index (κ3) is 5.24. The molecule has 0 radical (unpaired) electrons. The Morgan fingerprint density at radius 3 is 2.62 bits per heavy atom. The molecule has 2 rings (SSSR count).